The fraction of sp³-hybridized carbons (Fsp3) is 0.583. The molecule has 2 atom stereocenters. The molecule has 0 bridgehead atoms. The number of hydrogen-bond acceptors (Lipinski definition) is 4. The summed E-state index contributed by atoms with van der Waals surface area (Å²) in [4.78, 5) is 5.55. The largest absolute Gasteiger partial charge is 0.396 e. The van der Waals surface area contributed by atoms with Gasteiger partial charge in [-0.3, -0.25) is 4.90 Å². The molecule has 28 heavy (non-hydrogen) atoms. The lowest BCUT2D eigenvalue weighted by molar-refractivity contribution is 0.279. The molecule has 1 aromatic heterocycles. The first kappa shape index (κ1) is 21.5. The molecular formula is C24H36N2OS. The van der Waals surface area contributed by atoms with Gasteiger partial charge in [0.15, 0.2) is 0 Å². The van der Waals surface area contributed by atoms with Gasteiger partial charge in [-0.05, 0) is 63.0 Å². The van der Waals surface area contributed by atoms with E-state index in [1.165, 1.54) is 54.1 Å². The van der Waals surface area contributed by atoms with Gasteiger partial charge >= 0.3 is 0 Å². The summed E-state index contributed by atoms with van der Waals surface area (Å²) in [6, 6.07) is 15.8. The molecule has 0 amide bonds. The molecule has 1 saturated heterocycles. The van der Waals surface area contributed by atoms with E-state index in [9.17, 15) is 0 Å². The van der Waals surface area contributed by atoms with Gasteiger partial charge in [0.05, 0.1) is 0 Å². The van der Waals surface area contributed by atoms with Gasteiger partial charge in [-0.15, -0.1) is 11.3 Å². The van der Waals surface area contributed by atoms with Gasteiger partial charge in [-0.2, -0.15) is 0 Å². The van der Waals surface area contributed by atoms with Crippen molar-refractivity contribution in [1.82, 2.24) is 10.2 Å². The first-order chi connectivity index (χ1) is 13.8. The van der Waals surface area contributed by atoms with Crippen molar-refractivity contribution in [3.05, 3.63) is 57.8 Å². The Morgan fingerprint density at radius 1 is 1.00 bits per heavy atom. The number of benzene rings is 1. The zero-order valence-electron chi connectivity index (χ0n) is 17.3. The number of nitrogens with one attached hydrogen (secondary N) is 1. The van der Waals surface area contributed by atoms with Crippen LogP contribution >= 0.6 is 11.3 Å². The molecule has 2 unspecified atom stereocenters. The Morgan fingerprint density at radius 2 is 1.75 bits per heavy atom. The lowest BCUT2D eigenvalue weighted by atomic mass is 9.92. The summed E-state index contributed by atoms with van der Waals surface area (Å²) in [6.45, 7) is 7.14. The Hall–Kier alpha value is -1.20. The van der Waals surface area contributed by atoms with Crippen LogP contribution in [0, 0.1) is 0 Å². The fourth-order valence-corrected chi connectivity index (χ4v) is 5.36. The van der Waals surface area contributed by atoms with E-state index in [0.29, 0.717) is 12.0 Å². The van der Waals surface area contributed by atoms with Crippen molar-refractivity contribution in [1.29, 1.82) is 0 Å². The SMILES string of the molecule is CC(c1ccccc1)C(NCCCCO)c1ccc(CN2CCCCCC2)s1. The predicted octanol–water partition coefficient (Wildman–Crippen LogP) is 5.33. The van der Waals surface area contributed by atoms with Crippen LogP contribution in [0.3, 0.4) is 0 Å². The summed E-state index contributed by atoms with van der Waals surface area (Å²) < 4.78 is 0. The fourth-order valence-electron chi connectivity index (χ4n) is 4.13. The lowest BCUT2D eigenvalue weighted by Gasteiger charge is -2.25. The highest BCUT2D eigenvalue weighted by Gasteiger charge is 2.22. The second-order valence-electron chi connectivity index (χ2n) is 8.06. The summed E-state index contributed by atoms with van der Waals surface area (Å²) in [5.74, 6) is 0.417. The van der Waals surface area contributed by atoms with Crippen molar-refractivity contribution in [3.63, 3.8) is 0 Å². The van der Waals surface area contributed by atoms with Gasteiger partial charge in [-0.25, -0.2) is 0 Å². The van der Waals surface area contributed by atoms with Crippen LogP contribution in [0.4, 0.5) is 0 Å². The van der Waals surface area contributed by atoms with Crippen molar-refractivity contribution in [2.24, 2.45) is 0 Å². The van der Waals surface area contributed by atoms with Crippen molar-refractivity contribution in [2.75, 3.05) is 26.2 Å². The van der Waals surface area contributed by atoms with Crippen LogP contribution in [0.1, 0.15) is 72.7 Å². The first-order valence-electron chi connectivity index (χ1n) is 11.0. The summed E-state index contributed by atoms with van der Waals surface area (Å²) in [7, 11) is 0. The zero-order valence-corrected chi connectivity index (χ0v) is 18.1. The Morgan fingerprint density at radius 3 is 2.46 bits per heavy atom. The summed E-state index contributed by atoms with van der Waals surface area (Å²) in [5.41, 5.74) is 1.38. The quantitative estimate of drug-likeness (QED) is 0.529. The molecule has 3 rings (SSSR count). The van der Waals surface area contributed by atoms with Crippen molar-refractivity contribution < 1.29 is 5.11 Å². The molecule has 0 radical (unpaired) electrons. The smallest absolute Gasteiger partial charge is 0.0481 e. The lowest BCUT2D eigenvalue weighted by Crippen LogP contribution is -2.26. The molecule has 2 heterocycles. The van der Waals surface area contributed by atoms with Gasteiger partial charge in [0.25, 0.3) is 0 Å². The number of thiophene rings is 1. The normalized spacial score (nSPS) is 17.9. The molecule has 3 nitrogen and oxygen atoms in total. The van der Waals surface area contributed by atoms with Gasteiger partial charge in [-0.1, -0.05) is 50.1 Å². The maximum Gasteiger partial charge on any atom is 0.0481 e. The van der Waals surface area contributed by atoms with Crippen molar-refractivity contribution in [3.8, 4) is 0 Å². The number of rotatable bonds is 10. The topological polar surface area (TPSA) is 35.5 Å². The molecule has 1 aliphatic heterocycles. The number of nitrogens with zero attached hydrogens (tertiary/aromatic N) is 1. The second-order valence-corrected chi connectivity index (χ2v) is 9.26. The van der Waals surface area contributed by atoms with Gasteiger partial charge < -0.3 is 10.4 Å². The molecule has 1 aromatic carbocycles. The van der Waals surface area contributed by atoms with E-state index in [1.54, 1.807) is 0 Å². The number of unbranched alkanes of at least 4 members (excludes halogenated alkanes) is 1. The number of aliphatic hydroxyl groups is 1. The van der Waals surface area contributed by atoms with Crippen LogP contribution in [0.25, 0.3) is 0 Å². The summed E-state index contributed by atoms with van der Waals surface area (Å²) >= 11 is 1.97. The summed E-state index contributed by atoms with van der Waals surface area (Å²) in [5, 5.41) is 12.9. The standard InChI is InChI=1S/C24H36N2OS/c1-20(21-11-5-4-6-12-21)24(25-15-7-10-18-27)23-14-13-22(28-23)19-26-16-8-2-3-9-17-26/h4-6,11-14,20,24-25,27H,2-3,7-10,15-19H2,1H3. The zero-order chi connectivity index (χ0) is 19.6. The molecule has 0 aliphatic carbocycles. The number of likely N-dealkylation sites (tertiary alicyclic amines) is 1. The predicted molar refractivity (Wildman–Crippen MR) is 120 cm³/mol. The Labute approximate surface area is 174 Å². The van der Waals surface area contributed by atoms with Gasteiger partial charge in [0, 0.05) is 34.9 Å². The average molecular weight is 401 g/mol. The third-order valence-corrected chi connectivity index (χ3v) is 6.99. The van der Waals surface area contributed by atoms with Crippen LogP contribution in [0.2, 0.25) is 0 Å². The highest BCUT2D eigenvalue weighted by molar-refractivity contribution is 7.12. The molecule has 154 valence electrons. The molecule has 0 spiro atoms. The Balaban J connectivity index is 1.69. The third-order valence-electron chi connectivity index (χ3n) is 5.84. The second kappa shape index (κ2) is 11.7. The highest BCUT2D eigenvalue weighted by atomic mass is 32.1. The van der Waals surface area contributed by atoms with E-state index in [1.807, 2.05) is 11.3 Å². The molecule has 2 aromatic rings. The Bertz CT molecular complexity index is 664. The number of aliphatic hydroxyl groups excluding tert-OH is 1. The molecule has 4 heteroatoms. The van der Waals surface area contributed by atoms with Crippen LogP contribution < -0.4 is 5.32 Å². The van der Waals surface area contributed by atoms with Gasteiger partial charge in [0.2, 0.25) is 0 Å². The van der Waals surface area contributed by atoms with Gasteiger partial charge in [0.1, 0.15) is 0 Å². The van der Waals surface area contributed by atoms with E-state index in [4.69, 9.17) is 5.11 Å². The van der Waals surface area contributed by atoms with Crippen LogP contribution in [-0.2, 0) is 6.54 Å². The molecule has 1 fully saturated rings. The van der Waals surface area contributed by atoms with E-state index in [2.05, 4.69) is 59.6 Å². The van der Waals surface area contributed by atoms with E-state index in [0.717, 1.165) is 25.9 Å². The molecular weight excluding hydrogens is 364 g/mol. The maximum atomic E-state index is 9.08. The monoisotopic (exact) mass is 400 g/mol. The van der Waals surface area contributed by atoms with E-state index >= 15 is 0 Å². The van der Waals surface area contributed by atoms with E-state index in [-0.39, 0.29) is 6.61 Å². The van der Waals surface area contributed by atoms with Crippen LogP contribution in [0.5, 0.6) is 0 Å². The van der Waals surface area contributed by atoms with E-state index < -0.39 is 0 Å². The van der Waals surface area contributed by atoms with Crippen molar-refractivity contribution in [2.45, 2.75) is 64.0 Å². The minimum absolute atomic E-state index is 0.277. The molecule has 0 saturated carbocycles. The van der Waals surface area contributed by atoms with Crippen LogP contribution in [0.15, 0.2) is 42.5 Å². The Kier molecular flexibility index (Phi) is 9.00. The molecule has 2 N–H and O–H groups in total. The highest BCUT2D eigenvalue weighted by Crippen LogP contribution is 2.35. The third kappa shape index (κ3) is 6.41. The molecule has 1 aliphatic rings. The average Bonchev–Trinajstić information content (AvgIpc) is 3.02. The maximum absolute atomic E-state index is 9.08. The van der Waals surface area contributed by atoms with Crippen LogP contribution in [-0.4, -0.2) is 36.2 Å². The summed E-state index contributed by atoms with van der Waals surface area (Å²) in [6.07, 6.45) is 7.35. The number of hydrogen-bond donors (Lipinski definition) is 2. The minimum atomic E-state index is 0.277. The first-order valence-corrected chi connectivity index (χ1v) is 11.8. The minimum Gasteiger partial charge on any atom is -0.396 e. The van der Waals surface area contributed by atoms with Crippen molar-refractivity contribution >= 4 is 11.3 Å².